The van der Waals surface area contributed by atoms with Crippen LogP contribution < -0.4 is 10.1 Å². The number of aryl methyl sites for hydroxylation is 1. The summed E-state index contributed by atoms with van der Waals surface area (Å²) in [6, 6.07) is 17.1. The number of rotatable bonds is 7. The van der Waals surface area contributed by atoms with Crippen LogP contribution >= 0.6 is 0 Å². The summed E-state index contributed by atoms with van der Waals surface area (Å²) in [5.41, 5.74) is 1.57. The molecule has 1 heterocycles. The molecule has 0 bridgehead atoms. The Bertz CT molecular complexity index is 735. The smallest absolute Gasteiger partial charge is 0.220 e. The summed E-state index contributed by atoms with van der Waals surface area (Å²) >= 11 is 0. The predicted octanol–water partition coefficient (Wildman–Crippen LogP) is 2.96. The minimum Gasteiger partial charge on any atom is -0.492 e. The van der Waals surface area contributed by atoms with Crippen LogP contribution in [0.2, 0.25) is 0 Å². The maximum absolute atomic E-state index is 11.8. The van der Waals surface area contributed by atoms with Crippen molar-refractivity contribution in [1.29, 1.82) is 0 Å². The number of hydrogen-bond donors (Lipinski definition) is 1. The standard InChI is InChI=1S/C18H18N2O3/c21-17(19-12-13-22-14-6-2-1-3-7-14)10-11-18-20-15-8-4-5-9-16(15)23-18/h1-9H,10-13H2,(H,19,21). The van der Waals surface area contributed by atoms with Gasteiger partial charge in [0.1, 0.15) is 17.9 Å². The van der Waals surface area contributed by atoms with E-state index in [1.54, 1.807) is 0 Å². The van der Waals surface area contributed by atoms with Crippen molar-refractivity contribution in [2.45, 2.75) is 12.8 Å². The van der Waals surface area contributed by atoms with E-state index >= 15 is 0 Å². The van der Waals surface area contributed by atoms with Crippen molar-refractivity contribution in [1.82, 2.24) is 10.3 Å². The van der Waals surface area contributed by atoms with E-state index in [0.29, 0.717) is 31.9 Å². The molecule has 0 spiro atoms. The molecule has 5 heteroatoms. The number of nitrogens with one attached hydrogen (secondary N) is 1. The van der Waals surface area contributed by atoms with Gasteiger partial charge < -0.3 is 14.5 Å². The molecule has 0 saturated carbocycles. The molecule has 0 fully saturated rings. The molecular weight excluding hydrogens is 292 g/mol. The molecule has 5 nitrogen and oxygen atoms in total. The number of amides is 1. The monoisotopic (exact) mass is 310 g/mol. The molecule has 1 N–H and O–H groups in total. The molecule has 0 aliphatic heterocycles. The van der Waals surface area contributed by atoms with Crippen molar-refractivity contribution in [2.24, 2.45) is 0 Å². The van der Waals surface area contributed by atoms with E-state index in [2.05, 4.69) is 10.3 Å². The van der Waals surface area contributed by atoms with Gasteiger partial charge in [-0.15, -0.1) is 0 Å². The molecule has 0 aliphatic rings. The van der Waals surface area contributed by atoms with Crippen LogP contribution in [0.4, 0.5) is 0 Å². The topological polar surface area (TPSA) is 64.4 Å². The molecule has 23 heavy (non-hydrogen) atoms. The van der Waals surface area contributed by atoms with Gasteiger partial charge in [0, 0.05) is 12.8 Å². The molecular formula is C18H18N2O3. The van der Waals surface area contributed by atoms with Crippen molar-refractivity contribution in [3.8, 4) is 5.75 Å². The zero-order valence-electron chi connectivity index (χ0n) is 12.7. The lowest BCUT2D eigenvalue weighted by Gasteiger charge is -2.07. The molecule has 0 unspecified atom stereocenters. The first-order chi connectivity index (χ1) is 11.3. The maximum atomic E-state index is 11.8. The zero-order valence-corrected chi connectivity index (χ0v) is 12.7. The van der Waals surface area contributed by atoms with Crippen molar-refractivity contribution < 1.29 is 13.9 Å². The highest BCUT2D eigenvalue weighted by Gasteiger charge is 2.08. The highest BCUT2D eigenvalue weighted by Crippen LogP contribution is 2.15. The lowest BCUT2D eigenvalue weighted by Crippen LogP contribution is -2.28. The van der Waals surface area contributed by atoms with E-state index in [0.717, 1.165) is 16.8 Å². The third-order valence-electron chi connectivity index (χ3n) is 3.34. The summed E-state index contributed by atoms with van der Waals surface area (Å²) in [5, 5.41) is 2.82. The number of hydrogen-bond acceptors (Lipinski definition) is 4. The van der Waals surface area contributed by atoms with Gasteiger partial charge in [-0.1, -0.05) is 30.3 Å². The van der Waals surface area contributed by atoms with Gasteiger partial charge in [0.25, 0.3) is 0 Å². The van der Waals surface area contributed by atoms with Gasteiger partial charge in [-0.2, -0.15) is 0 Å². The molecule has 118 valence electrons. The molecule has 3 aromatic rings. The van der Waals surface area contributed by atoms with E-state index in [-0.39, 0.29) is 5.91 Å². The summed E-state index contributed by atoms with van der Waals surface area (Å²) in [5.74, 6) is 1.35. The zero-order chi connectivity index (χ0) is 15.9. The number of benzene rings is 2. The Kier molecular flexibility index (Phi) is 4.88. The Labute approximate surface area is 134 Å². The van der Waals surface area contributed by atoms with Gasteiger partial charge in [-0.25, -0.2) is 4.98 Å². The van der Waals surface area contributed by atoms with Crippen LogP contribution in [0.1, 0.15) is 12.3 Å². The second-order valence-electron chi connectivity index (χ2n) is 5.09. The number of nitrogens with zero attached hydrogens (tertiary/aromatic N) is 1. The summed E-state index contributed by atoms with van der Waals surface area (Å²) in [4.78, 5) is 16.2. The van der Waals surface area contributed by atoms with Gasteiger partial charge in [0.2, 0.25) is 5.91 Å². The molecule has 0 radical (unpaired) electrons. The quantitative estimate of drug-likeness (QED) is 0.681. The minimum atomic E-state index is -0.0380. The number of aromatic nitrogens is 1. The number of fused-ring (bicyclic) bond motifs is 1. The molecule has 0 aliphatic carbocycles. The molecule has 3 rings (SSSR count). The minimum absolute atomic E-state index is 0.0380. The molecule has 1 amide bonds. The van der Waals surface area contributed by atoms with Gasteiger partial charge in [-0.05, 0) is 24.3 Å². The third kappa shape index (κ3) is 4.32. The van der Waals surface area contributed by atoms with Crippen LogP contribution in [0.25, 0.3) is 11.1 Å². The summed E-state index contributed by atoms with van der Waals surface area (Å²) in [6.07, 6.45) is 0.832. The lowest BCUT2D eigenvalue weighted by molar-refractivity contribution is -0.121. The van der Waals surface area contributed by atoms with E-state index in [1.807, 2.05) is 54.6 Å². The fraction of sp³-hybridized carbons (Fsp3) is 0.222. The van der Waals surface area contributed by atoms with Gasteiger partial charge in [0.15, 0.2) is 11.5 Å². The van der Waals surface area contributed by atoms with Crippen molar-refractivity contribution in [3.63, 3.8) is 0 Å². The van der Waals surface area contributed by atoms with E-state index < -0.39 is 0 Å². The lowest BCUT2D eigenvalue weighted by atomic mass is 10.3. The average molecular weight is 310 g/mol. The molecule has 0 atom stereocenters. The Balaban J connectivity index is 1.38. The number of ether oxygens (including phenoxy) is 1. The van der Waals surface area contributed by atoms with Crippen LogP contribution in [0, 0.1) is 0 Å². The third-order valence-corrected chi connectivity index (χ3v) is 3.34. The molecule has 0 saturated heterocycles. The summed E-state index contributed by atoms with van der Waals surface area (Å²) in [7, 11) is 0. The van der Waals surface area contributed by atoms with Crippen LogP contribution in [-0.2, 0) is 11.2 Å². The van der Waals surface area contributed by atoms with Gasteiger partial charge in [0.05, 0.1) is 6.54 Å². The fourth-order valence-electron chi connectivity index (χ4n) is 2.21. The largest absolute Gasteiger partial charge is 0.492 e. The summed E-state index contributed by atoms with van der Waals surface area (Å²) in [6.45, 7) is 0.917. The van der Waals surface area contributed by atoms with Crippen LogP contribution in [0.5, 0.6) is 5.75 Å². The maximum Gasteiger partial charge on any atom is 0.220 e. The Morgan fingerprint density at radius 3 is 2.70 bits per heavy atom. The Morgan fingerprint density at radius 2 is 1.87 bits per heavy atom. The Hall–Kier alpha value is -2.82. The molecule has 2 aromatic carbocycles. The van der Waals surface area contributed by atoms with Crippen molar-refractivity contribution in [3.05, 3.63) is 60.5 Å². The van der Waals surface area contributed by atoms with Crippen molar-refractivity contribution in [2.75, 3.05) is 13.2 Å². The first-order valence-corrected chi connectivity index (χ1v) is 7.60. The number of oxazole rings is 1. The van der Waals surface area contributed by atoms with Gasteiger partial charge in [-0.3, -0.25) is 4.79 Å². The second kappa shape index (κ2) is 7.45. The highest BCUT2D eigenvalue weighted by atomic mass is 16.5. The van der Waals surface area contributed by atoms with Crippen LogP contribution in [-0.4, -0.2) is 24.0 Å². The first kappa shape index (κ1) is 15.1. The molecule has 1 aromatic heterocycles. The normalized spacial score (nSPS) is 10.6. The van der Waals surface area contributed by atoms with Crippen LogP contribution in [0.3, 0.4) is 0 Å². The second-order valence-corrected chi connectivity index (χ2v) is 5.09. The van der Waals surface area contributed by atoms with Gasteiger partial charge >= 0.3 is 0 Å². The fourth-order valence-corrected chi connectivity index (χ4v) is 2.21. The average Bonchev–Trinajstić information content (AvgIpc) is 3.01. The first-order valence-electron chi connectivity index (χ1n) is 7.60. The number of carbonyl (C=O) groups is 1. The van der Waals surface area contributed by atoms with Crippen LogP contribution in [0.15, 0.2) is 59.0 Å². The highest BCUT2D eigenvalue weighted by molar-refractivity contribution is 5.76. The van der Waals surface area contributed by atoms with E-state index in [9.17, 15) is 4.79 Å². The van der Waals surface area contributed by atoms with E-state index in [4.69, 9.17) is 9.15 Å². The number of carbonyl (C=O) groups excluding carboxylic acids is 1. The van der Waals surface area contributed by atoms with Crippen molar-refractivity contribution >= 4 is 17.0 Å². The SMILES string of the molecule is O=C(CCc1nc2ccccc2o1)NCCOc1ccccc1. The van der Waals surface area contributed by atoms with E-state index in [1.165, 1.54) is 0 Å². The predicted molar refractivity (Wildman–Crippen MR) is 87.3 cm³/mol. The summed E-state index contributed by atoms with van der Waals surface area (Å²) < 4.78 is 11.1. The number of para-hydroxylation sites is 3. The Morgan fingerprint density at radius 1 is 1.09 bits per heavy atom.